The number of hydrogen-bond acceptors (Lipinski definition) is 4. The third-order valence-corrected chi connectivity index (χ3v) is 5.71. The summed E-state index contributed by atoms with van der Waals surface area (Å²) in [4.78, 5) is 28.9. The van der Waals surface area contributed by atoms with Crippen LogP contribution in [0.3, 0.4) is 0 Å². The maximum atomic E-state index is 14.5. The molecule has 0 saturated carbocycles. The van der Waals surface area contributed by atoms with Crippen molar-refractivity contribution >= 4 is 17.6 Å². The van der Waals surface area contributed by atoms with E-state index in [1.165, 1.54) is 0 Å². The molecule has 0 heterocycles. The molecule has 0 unspecified atom stereocenters. The van der Waals surface area contributed by atoms with Crippen LogP contribution < -0.4 is 9.47 Å². The fourth-order valence-electron chi connectivity index (χ4n) is 4.38. The normalized spacial score (nSPS) is 14.3. The minimum atomic E-state index is -1.54. The first-order chi connectivity index (χ1) is 16.4. The zero-order chi connectivity index (χ0) is 25.4. The minimum absolute atomic E-state index is 0.325. The Kier molecular flexibility index (Phi) is 6.18. The molecule has 0 atom stereocenters. The van der Waals surface area contributed by atoms with Gasteiger partial charge in [0.05, 0.1) is 11.1 Å². The van der Waals surface area contributed by atoms with Crippen molar-refractivity contribution in [1.82, 2.24) is 0 Å². The predicted octanol–water partition coefficient (Wildman–Crippen LogP) is 7.07. The molecule has 0 aliphatic heterocycles. The van der Waals surface area contributed by atoms with Crippen molar-refractivity contribution in [3.8, 4) is 11.5 Å². The second-order valence-corrected chi connectivity index (χ2v) is 10.8. The summed E-state index contributed by atoms with van der Waals surface area (Å²) in [6.07, 6.45) is 3.58. The number of Topliss-reactive ketones (excluding diaryl/α,β-unsaturated/α-hetero) is 2. The Bertz CT molecular complexity index is 1230. The summed E-state index contributed by atoms with van der Waals surface area (Å²) in [5, 5.41) is 0. The molecule has 4 rings (SSSR count). The molecular formula is C31H32O4. The van der Waals surface area contributed by atoms with Gasteiger partial charge in [-0.2, -0.15) is 0 Å². The zero-order valence-electron chi connectivity index (χ0n) is 21.2. The molecule has 0 N–H and O–H groups in total. The van der Waals surface area contributed by atoms with E-state index in [9.17, 15) is 9.59 Å². The van der Waals surface area contributed by atoms with Crippen LogP contribution in [0.1, 0.15) is 73.4 Å². The van der Waals surface area contributed by atoms with Crippen LogP contribution in [0.5, 0.6) is 11.5 Å². The lowest BCUT2D eigenvalue weighted by molar-refractivity contribution is 0.0790. The average Bonchev–Trinajstić information content (AvgIpc) is 3.17. The third-order valence-electron chi connectivity index (χ3n) is 5.71. The number of ether oxygens (including phenoxy) is 2. The first-order valence-corrected chi connectivity index (χ1v) is 11.9. The van der Waals surface area contributed by atoms with E-state index < -0.39 is 16.6 Å². The number of benzene rings is 3. The summed E-state index contributed by atoms with van der Waals surface area (Å²) in [6.45, 7) is 11.6. The number of ketones is 2. The fraction of sp³-hybridized carbons (Fsp3) is 0.290. The molecular weight excluding hydrogens is 436 g/mol. The largest absolute Gasteiger partial charge is 0.487 e. The van der Waals surface area contributed by atoms with Gasteiger partial charge in [-0.15, -0.1) is 0 Å². The number of para-hydroxylation sites is 2. The highest BCUT2D eigenvalue weighted by atomic mass is 16.5. The molecule has 0 fully saturated rings. The summed E-state index contributed by atoms with van der Waals surface area (Å²) in [5.41, 5.74) is -0.319. The van der Waals surface area contributed by atoms with Gasteiger partial charge in [0.1, 0.15) is 28.1 Å². The molecule has 0 amide bonds. The third kappa shape index (κ3) is 4.79. The molecule has 3 aromatic carbocycles. The van der Waals surface area contributed by atoms with Crippen molar-refractivity contribution in [2.75, 3.05) is 0 Å². The van der Waals surface area contributed by atoms with E-state index in [0.29, 0.717) is 28.2 Å². The standard InChI is InChI=1S/C31H32O4/c1-29(2,3)34-25-17-11-8-14-22(25)27(32)31(20-19-21-13-7-10-16-24(21)31)28(33)23-15-9-12-18-26(23)35-30(4,5)6/h7-20H,1-6H3. The lowest BCUT2D eigenvalue weighted by Gasteiger charge is -2.30. The van der Waals surface area contributed by atoms with Gasteiger partial charge in [-0.3, -0.25) is 9.59 Å². The molecule has 1 aliphatic carbocycles. The lowest BCUT2D eigenvalue weighted by atomic mass is 9.70. The van der Waals surface area contributed by atoms with Gasteiger partial charge in [0.2, 0.25) is 0 Å². The van der Waals surface area contributed by atoms with Crippen molar-refractivity contribution in [3.63, 3.8) is 0 Å². The van der Waals surface area contributed by atoms with Crippen LogP contribution in [0.4, 0.5) is 0 Å². The van der Waals surface area contributed by atoms with Gasteiger partial charge in [-0.1, -0.05) is 60.7 Å². The lowest BCUT2D eigenvalue weighted by Crippen LogP contribution is -2.42. The van der Waals surface area contributed by atoms with E-state index in [0.717, 1.165) is 5.56 Å². The van der Waals surface area contributed by atoms with E-state index in [2.05, 4.69) is 0 Å². The molecule has 3 aromatic rings. The summed E-state index contributed by atoms with van der Waals surface area (Å²) in [6, 6.07) is 21.8. The summed E-state index contributed by atoms with van der Waals surface area (Å²) < 4.78 is 12.3. The van der Waals surface area contributed by atoms with Gasteiger partial charge < -0.3 is 9.47 Å². The van der Waals surface area contributed by atoms with E-state index in [-0.39, 0.29) is 11.6 Å². The Balaban J connectivity index is 1.92. The van der Waals surface area contributed by atoms with Crippen molar-refractivity contribution in [2.24, 2.45) is 0 Å². The van der Waals surface area contributed by atoms with Crippen molar-refractivity contribution in [3.05, 3.63) is 101 Å². The van der Waals surface area contributed by atoms with Gasteiger partial charge in [0, 0.05) is 0 Å². The Hall–Kier alpha value is -3.66. The van der Waals surface area contributed by atoms with Crippen LogP contribution in [-0.2, 0) is 5.41 Å². The number of rotatable bonds is 6. The number of hydrogen-bond donors (Lipinski definition) is 0. The van der Waals surface area contributed by atoms with Crippen LogP contribution in [0.25, 0.3) is 6.08 Å². The Labute approximate surface area is 207 Å². The van der Waals surface area contributed by atoms with E-state index >= 15 is 0 Å². The highest BCUT2D eigenvalue weighted by Crippen LogP contribution is 2.44. The van der Waals surface area contributed by atoms with Crippen LogP contribution in [0.15, 0.2) is 78.9 Å². The summed E-state index contributed by atoms with van der Waals surface area (Å²) >= 11 is 0. The topological polar surface area (TPSA) is 52.6 Å². The molecule has 180 valence electrons. The Morgan fingerprint density at radius 1 is 0.629 bits per heavy atom. The second-order valence-electron chi connectivity index (χ2n) is 10.8. The van der Waals surface area contributed by atoms with Crippen molar-refractivity contribution in [2.45, 2.75) is 58.2 Å². The molecule has 0 aromatic heterocycles. The highest BCUT2D eigenvalue weighted by Gasteiger charge is 2.50. The monoisotopic (exact) mass is 468 g/mol. The SMILES string of the molecule is CC(C)(C)Oc1ccccc1C(=O)C1(C(=O)c2ccccc2OC(C)(C)C)C=Cc2ccccc21. The Morgan fingerprint density at radius 2 is 1.06 bits per heavy atom. The van der Waals surface area contributed by atoms with Gasteiger partial charge in [0.25, 0.3) is 0 Å². The minimum Gasteiger partial charge on any atom is -0.487 e. The fourth-order valence-corrected chi connectivity index (χ4v) is 4.38. The number of carbonyl (C=O) groups is 2. The van der Waals surface area contributed by atoms with Crippen LogP contribution in [-0.4, -0.2) is 22.8 Å². The highest BCUT2D eigenvalue weighted by molar-refractivity contribution is 6.28. The molecule has 1 aliphatic rings. The van der Waals surface area contributed by atoms with Gasteiger partial charge in [-0.05, 0) is 76.9 Å². The van der Waals surface area contributed by atoms with Crippen molar-refractivity contribution < 1.29 is 19.1 Å². The maximum Gasteiger partial charge on any atom is 0.188 e. The molecule has 0 saturated heterocycles. The van der Waals surface area contributed by atoms with Gasteiger partial charge >= 0.3 is 0 Å². The first-order valence-electron chi connectivity index (χ1n) is 11.9. The summed E-state index contributed by atoms with van der Waals surface area (Å²) in [7, 11) is 0. The molecule has 0 spiro atoms. The molecule has 35 heavy (non-hydrogen) atoms. The molecule has 4 nitrogen and oxygen atoms in total. The maximum absolute atomic E-state index is 14.5. The zero-order valence-corrected chi connectivity index (χ0v) is 21.2. The molecule has 0 bridgehead atoms. The van der Waals surface area contributed by atoms with Gasteiger partial charge in [-0.25, -0.2) is 0 Å². The summed E-state index contributed by atoms with van der Waals surface area (Å²) in [5.74, 6) is 0.256. The predicted molar refractivity (Wildman–Crippen MR) is 139 cm³/mol. The first kappa shape index (κ1) is 24.5. The van der Waals surface area contributed by atoms with E-state index in [1.54, 1.807) is 42.5 Å². The number of allylic oxidation sites excluding steroid dienone is 1. The van der Waals surface area contributed by atoms with E-state index in [1.807, 2.05) is 84.0 Å². The van der Waals surface area contributed by atoms with Crippen molar-refractivity contribution in [1.29, 1.82) is 0 Å². The van der Waals surface area contributed by atoms with Crippen LogP contribution in [0.2, 0.25) is 0 Å². The molecule has 0 radical (unpaired) electrons. The number of carbonyl (C=O) groups excluding carboxylic acids is 2. The second kappa shape index (κ2) is 8.84. The molecule has 4 heteroatoms. The van der Waals surface area contributed by atoms with Gasteiger partial charge in [0.15, 0.2) is 11.6 Å². The smallest absolute Gasteiger partial charge is 0.188 e. The quantitative estimate of drug-likeness (QED) is 0.287. The van der Waals surface area contributed by atoms with E-state index in [4.69, 9.17) is 9.47 Å². The number of fused-ring (bicyclic) bond motifs is 1. The van der Waals surface area contributed by atoms with Crippen LogP contribution >= 0.6 is 0 Å². The Morgan fingerprint density at radius 3 is 1.54 bits per heavy atom. The average molecular weight is 469 g/mol. The van der Waals surface area contributed by atoms with Crippen LogP contribution in [0, 0.1) is 0 Å².